The van der Waals surface area contributed by atoms with Gasteiger partial charge in [-0.05, 0) is 31.2 Å². The van der Waals surface area contributed by atoms with Crippen molar-refractivity contribution in [3.05, 3.63) is 24.3 Å². The molecule has 106 valence electrons. The minimum absolute atomic E-state index is 0.0141. The summed E-state index contributed by atoms with van der Waals surface area (Å²) in [6.45, 7) is 2.52. The Labute approximate surface area is 113 Å². The first-order valence-corrected chi connectivity index (χ1v) is 8.15. The van der Waals surface area contributed by atoms with E-state index < -0.39 is 9.84 Å². The molecule has 19 heavy (non-hydrogen) atoms. The number of rotatable bonds is 5. The van der Waals surface area contributed by atoms with Crippen LogP contribution in [0.5, 0.6) is 5.75 Å². The van der Waals surface area contributed by atoms with Crippen molar-refractivity contribution in [2.24, 2.45) is 5.73 Å². The summed E-state index contributed by atoms with van der Waals surface area (Å²) in [4.78, 5) is 0.284. The fourth-order valence-electron chi connectivity index (χ4n) is 2.10. The van der Waals surface area contributed by atoms with Gasteiger partial charge >= 0.3 is 0 Å². The summed E-state index contributed by atoms with van der Waals surface area (Å²) in [5.41, 5.74) is 5.85. The molecule has 1 saturated carbocycles. The van der Waals surface area contributed by atoms with E-state index in [1.165, 1.54) is 6.26 Å². The molecule has 2 rings (SSSR count). The normalized spacial score (nSPS) is 26.8. The number of hydrogen-bond donors (Lipinski definition) is 1. The number of ether oxygens (including phenoxy) is 2. The molecule has 0 spiro atoms. The van der Waals surface area contributed by atoms with Crippen LogP contribution in [0.3, 0.4) is 0 Å². The SMILES string of the molecule is CCOC1C(N)CC1Oc1ccc(S(C)(=O)=O)cc1. The number of nitrogens with two attached hydrogens (primary N) is 1. The Bertz CT molecular complexity index is 526. The van der Waals surface area contributed by atoms with Crippen molar-refractivity contribution in [2.75, 3.05) is 12.9 Å². The molecule has 1 aliphatic rings. The fraction of sp³-hybridized carbons (Fsp3) is 0.538. The summed E-state index contributed by atoms with van der Waals surface area (Å²) in [6, 6.07) is 6.41. The highest BCUT2D eigenvalue weighted by atomic mass is 32.2. The number of sulfone groups is 1. The second-order valence-corrected chi connectivity index (χ2v) is 6.74. The highest BCUT2D eigenvalue weighted by Crippen LogP contribution is 2.28. The Balaban J connectivity index is 2.01. The van der Waals surface area contributed by atoms with E-state index in [0.717, 1.165) is 6.42 Å². The van der Waals surface area contributed by atoms with Gasteiger partial charge in [0.05, 0.1) is 4.90 Å². The van der Waals surface area contributed by atoms with Gasteiger partial charge in [0.1, 0.15) is 18.0 Å². The van der Waals surface area contributed by atoms with Gasteiger partial charge in [-0.3, -0.25) is 0 Å². The summed E-state index contributed by atoms with van der Waals surface area (Å²) < 4.78 is 33.9. The van der Waals surface area contributed by atoms with Gasteiger partial charge < -0.3 is 15.2 Å². The Morgan fingerprint density at radius 1 is 1.32 bits per heavy atom. The van der Waals surface area contributed by atoms with E-state index in [1.807, 2.05) is 6.92 Å². The Kier molecular flexibility index (Phi) is 4.13. The van der Waals surface area contributed by atoms with E-state index in [4.69, 9.17) is 15.2 Å². The minimum Gasteiger partial charge on any atom is -0.488 e. The average Bonchev–Trinajstić information content (AvgIpc) is 2.35. The Morgan fingerprint density at radius 3 is 2.42 bits per heavy atom. The van der Waals surface area contributed by atoms with Gasteiger partial charge in [0.25, 0.3) is 0 Å². The minimum atomic E-state index is -3.17. The molecular weight excluding hydrogens is 266 g/mol. The molecule has 5 nitrogen and oxygen atoms in total. The monoisotopic (exact) mass is 285 g/mol. The second-order valence-electron chi connectivity index (χ2n) is 4.72. The van der Waals surface area contributed by atoms with Crippen LogP contribution in [0, 0.1) is 0 Å². The molecule has 0 heterocycles. The van der Waals surface area contributed by atoms with Crippen LogP contribution in [0.1, 0.15) is 13.3 Å². The lowest BCUT2D eigenvalue weighted by Gasteiger charge is -2.41. The highest BCUT2D eigenvalue weighted by molar-refractivity contribution is 7.90. The molecule has 3 unspecified atom stereocenters. The van der Waals surface area contributed by atoms with Crippen molar-refractivity contribution >= 4 is 9.84 Å². The van der Waals surface area contributed by atoms with E-state index in [2.05, 4.69) is 0 Å². The van der Waals surface area contributed by atoms with Crippen LogP contribution in [-0.2, 0) is 14.6 Å². The molecular formula is C13H19NO4S. The maximum atomic E-state index is 11.3. The summed E-state index contributed by atoms with van der Waals surface area (Å²) in [5.74, 6) is 0.633. The van der Waals surface area contributed by atoms with Gasteiger partial charge in [-0.25, -0.2) is 8.42 Å². The fourth-order valence-corrected chi connectivity index (χ4v) is 2.73. The molecule has 3 atom stereocenters. The summed E-state index contributed by atoms with van der Waals surface area (Å²) >= 11 is 0. The molecule has 1 fully saturated rings. The third-order valence-electron chi connectivity index (χ3n) is 3.19. The van der Waals surface area contributed by atoms with Crippen molar-refractivity contribution in [1.82, 2.24) is 0 Å². The Morgan fingerprint density at radius 2 is 1.95 bits per heavy atom. The van der Waals surface area contributed by atoms with E-state index in [1.54, 1.807) is 24.3 Å². The zero-order valence-corrected chi connectivity index (χ0v) is 11.9. The van der Waals surface area contributed by atoms with Crippen molar-refractivity contribution in [1.29, 1.82) is 0 Å². The average molecular weight is 285 g/mol. The van der Waals surface area contributed by atoms with E-state index in [0.29, 0.717) is 12.4 Å². The van der Waals surface area contributed by atoms with Gasteiger partial charge in [0.2, 0.25) is 0 Å². The quantitative estimate of drug-likeness (QED) is 0.872. The molecule has 1 aromatic carbocycles. The van der Waals surface area contributed by atoms with E-state index >= 15 is 0 Å². The zero-order chi connectivity index (χ0) is 14.0. The van der Waals surface area contributed by atoms with Gasteiger partial charge in [0.15, 0.2) is 9.84 Å². The predicted molar refractivity (Wildman–Crippen MR) is 72.0 cm³/mol. The van der Waals surface area contributed by atoms with Crippen LogP contribution >= 0.6 is 0 Å². The first-order valence-electron chi connectivity index (χ1n) is 6.25. The van der Waals surface area contributed by atoms with Gasteiger partial charge in [-0.2, -0.15) is 0 Å². The molecule has 0 aromatic heterocycles. The maximum absolute atomic E-state index is 11.3. The lowest BCUT2D eigenvalue weighted by Crippen LogP contribution is -2.59. The molecule has 0 radical (unpaired) electrons. The van der Waals surface area contributed by atoms with E-state index in [-0.39, 0.29) is 23.1 Å². The summed E-state index contributed by atoms with van der Waals surface area (Å²) in [7, 11) is -3.17. The van der Waals surface area contributed by atoms with Crippen LogP contribution in [0.2, 0.25) is 0 Å². The molecule has 1 aliphatic carbocycles. The molecule has 2 N–H and O–H groups in total. The number of hydrogen-bond acceptors (Lipinski definition) is 5. The zero-order valence-electron chi connectivity index (χ0n) is 11.1. The van der Waals surface area contributed by atoms with Gasteiger partial charge in [-0.1, -0.05) is 0 Å². The molecule has 0 saturated heterocycles. The van der Waals surface area contributed by atoms with Crippen molar-refractivity contribution < 1.29 is 17.9 Å². The van der Waals surface area contributed by atoms with Gasteiger partial charge in [-0.15, -0.1) is 0 Å². The predicted octanol–water partition coefficient (Wildman–Crippen LogP) is 0.974. The smallest absolute Gasteiger partial charge is 0.175 e. The summed E-state index contributed by atoms with van der Waals surface area (Å²) in [6.07, 6.45) is 1.79. The van der Waals surface area contributed by atoms with Crippen LogP contribution < -0.4 is 10.5 Å². The van der Waals surface area contributed by atoms with Crippen LogP contribution in [-0.4, -0.2) is 39.5 Å². The van der Waals surface area contributed by atoms with Crippen LogP contribution in [0.25, 0.3) is 0 Å². The lowest BCUT2D eigenvalue weighted by atomic mass is 9.86. The Hall–Kier alpha value is -1.11. The maximum Gasteiger partial charge on any atom is 0.175 e. The third-order valence-corrected chi connectivity index (χ3v) is 4.32. The molecule has 6 heteroatoms. The first kappa shape index (κ1) is 14.3. The van der Waals surface area contributed by atoms with Crippen molar-refractivity contribution in [2.45, 2.75) is 36.5 Å². The van der Waals surface area contributed by atoms with Gasteiger partial charge in [0, 0.05) is 25.3 Å². The standard InChI is InChI=1S/C13H19NO4S/c1-3-17-13-11(14)8-12(13)18-9-4-6-10(7-5-9)19(2,15)16/h4-7,11-13H,3,8,14H2,1-2H3. The largest absolute Gasteiger partial charge is 0.488 e. The summed E-state index contributed by atoms with van der Waals surface area (Å²) in [5, 5.41) is 0. The van der Waals surface area contributed by atoms with Crippen molar-refractivity contribution in [3.63, 3.8) is 0 Å². The molecule has 0 bridgehead atoms. The van der Waals surface area contributed by atoms with Crippen molar-refractivity contribution in [3.8, 4) is 5.75 Å². The second kappa shape index (κ2) is 5.48. The van der Waals surface area contributed by atoms with E-state index in [9.17, 15) is 8.42 Å². The molecule has 0 aliphatic heterocycles. The third kappa shape index (κ3) is 3.26. The lowest BCUT2D eigenvalue weighted by molar-refractivity contribution is -0.0945. The molecule has 1 aromatic rings. The molecule has 0 amide bonds. The first-order chi connectivity index (χ1) is 8.91. The topological polar surface area (TPSA) is 78.6 Å². The highest BCUT2D eigenvalue weighted by Gasteiger charge is 2.41. The van der Waals surface area contributed by atoms with Crippen LogP contribution in [0.15, 0.2) is 29.2 Å². The van der Waals surface area contributed by atoms with Crippen LogP contribution in [0.4, 0.5) is 0 Å². The number of benzene rings is 1.